The van der Waals surface area contributed by atoms with Crippen molar-refractivity contribution < 1.29 is 14.3 Å². The summed E-state index contributed by atoms with van der Waals surface area (Å²) in [5.74, 6) is 1.99. The van der Waals surface area contributed by atoms with E-state index in [9.17, 15) is 9.59 Å². The zero-order valence-corrected chi connectivity index (χ0v) is 23.9. The minimum absolute atomic E-state index is 0.00997. The first kappa shape index (κ1) is 25.2. The van der Waals surface area contributed by atoms with Crippen molar-refractivity contribution in [1.29, 1.82) is 0 Å². The summed E-state index contributed by atoms with van der Waals surface area (Å²) >= 11 is 1.69. The molecule has 206 valence electrons. The van der Waals surface area contributed by atoms with E-state index < -0.39 is 0 Å². The fourth-order valence-electron chi connectivity index (χ4n) is 6.86. The Morgan fingerprint density at radius 2 is 1.88 bits per heavy atom. The number of fused-ring (bicyclic) bond motifs is 7. The van der Waals surface area contributed by atoms with Gasteiger partial charge in [-0.1, -0.05) is 12.1 Å². The fourth-order valence-corrected chi connectivity index (χ4v) is 7.60. The second-order valence-electron chi connectivity index (χ2n) is 11.4. The van der Waals surface area contributed by atoms with E-state index in [2.05, 4.69) is 40.3 Å². The number of aromatic nitrogens is 2. The van der Waals surface area contributed by atoms with Crippen LogP contribution in [-0.4, -0.2) is 46.2 Å². The van der Waals surface area contributed by atoms with Gasteiger partial charge in [0.15, 0.2) is 11.5 Å². The average molecular weight is 556 g/mol. The molecule has 3 aliphatic heterocycles. The van der Waals surface area contributed by atoms with Crippen LogP contribution in [-0.2, 0) is 19.5 Å². The third-order valence-electron chi connectivity index (χ3n) is 8.48. The van der Waals surface area contributed by atoms with Crippen molar-refractivity contribution >= 4 is 17.2 Å². The minimum atomic E-state index is 0.00997. The van der Waals surface area contributed by atoms with E-state index in [1.165, 1.54) is 5.56 Å². The molecule has 2 unspecified atom stereocenters. The molecule has 0 aliphatic carbocycles. The molecule has 0 radical (unpaired) electrons. The molecular weight excluding hydrogens is 522 g/mol. The van der Waals surface area contributed by atoms with Gasteiger partial charge < -0.3 is 23.5 Å². The summed E-state index contributed by atoms with van der Waals surface area (Å²) in [7, 11) is 1.68. The predicted octanol–water partition coefficient (Wildman–Crippen LogP) is 5.66. The number of hydrogen-bond acceptors (Lipinski definition) is 5. The Labute approximate surface area is 237 Å². The highest BCUT2D eigenvalue weighted by molar-refractivity contribution is 7.13. The summed E-state index contributed by atoms with van der Waals surface area (Å²) in [6, 6.07) is 16.0. The number of carbonyl (C=O) groups is 1. The van der Waals surface area contributed by atoms with Crippen LogP contribution in [0.1, 0.15) is 47.9 Å². The molecule has 3 aromatic heterocycles. The maximum absolute atomic E-state index is 14.3. The van der Waals surface area contributed by atoms with Crippen molar-refractivity contribution in [2.45, 2.75) is 51.8 Å². The Morgan fingerprint density at radius 3 is 2.65 bits per heavy atom. The predicted molar refractivity (Wildman–Crippen MR) is 157 cm³/mol. The van der Waals surface area contributed by atoms with Gasteiger partial charge in [0, 0.05) is 59.9 Å². The highest BCUT2D eigenvalue weighted by Crippen LogP contribution is 2.46. The molecule has 40 heavy (non-hydrogen) atoms. The smallest absolute Gasteiger partial charge is 0.270 e. The first-order valence-corrected chi connectivity index (χ1v) is 14.9. The standard InChI is InChI=1S/C32H33N3O4S/c1-19(2)39-28-15-23-21(13-27(28)38-3)9-10-34-26(14-24(31(23)34)29-7-5-11-40-29)32(37)33-16-20-12-22(18-33)25-6-4-8-30(36)35(25)17-20/h4-8,11,13-15,19-20,22H,9-10,12,16-18H2,1-3H3. The lowest BCUT2D eigenvalue weighted by atomic mass is 9.83. The van der Waals surface area contributed by atoms with Crippen LogP contribution in [0.15, 0.2) is 58.7 Å². The van der Waals surface area contributed by atoms with Crippen LogP contribution in [0.4, 0.5) is 0 Å². The number of likely N-dealkylation sites (tertiary alicyclic amines) is 1. The van der Waals surface area contributed by atoms with Crippen LogP contribution < -0.4 is 15.0 Å². The van der Waals surface area contributed by atoms with Gasteiger partial charge >= 0.3 is 0 Å². The van der Waals surface area contributed by atoms with E-state index in [-0.39, 0.29) is 29.4 Å². The molecule has 2 atom stereocenters. The number of carbonyl (C=O) groups excluding carboxylic acids is 1. The van der Waals surface area contributed by atoms with Crippen LogP contribution in [0.2, 0.25) is 0 Å². The fraction of sp³-hybridized carbons (Fsp3) is 0.375. The van der Waals surface area contributed by atoms with Crippen LogP contribution in [0.5, 0.6) is 11.5 Å². The quantitative estimate of drug-likeness (QED) is 0.319. The van der Waals surface area contributed by atoms with Gasteiger partial charge in [-0.25, -0.2) is 0 Å². The maximum atomic E-state index is 14.3. The van der Waals surface area contributed by atoms with Gasteiger partial charge in [0.25, 0.3) is 11.5 Å². The first-order chi connectivity index (χ1) is 19.4. The van der Waals surface area contributed by atoms with Crippen LogP contribution in [0.25, 0.3) is 21.7 Å². The van der Waals surface area contributed by atoms with E-state index in [1.54, 1.807) is 24.5 Å². The molecule has 7 rings (SSSR count). The van der Waals surface area contributed by atoms with Crippen molar-refractivity contribution in [2.75, 3.05) is 20.2 Å². The zero-order chi connectivity index (χ0) is 27.5. The highest BCUT2D eigenvalue weighted by atomic mass is 32.1. The molecule has 1 saturated heterocycles. The van der Waals surface area contributed by atoms with Crippen molar-refractivity contribution in [3.63, 3.8) is 0 Å². The lowest BCUT2D eigenvalue weighted by molar-refractivity contribution is 0.0584. The molecule has 0 spiro atoms. The Kier molecular flexibility index (Phi) is 6.11. The molecule has 7 nitrogen and oxygen atoms in total. The molecule has 6 heterocycles. The largest absolute Gasteiger partial charge is 0.493 e. The number of amides is 1. The lowest BCUT2D eigenvalue weighted by Gasteiger charge is -2.42. The number of piperidine rings is 1. The Hall–Kier alpha value is -3.78. The van der Waals surface area contributed by atoms with Gasteiger partial charge in [0.05, 0.1) is 18.9 Å². The number of pyridine rings is 1. The second kappa shape index (κ2) is 9.70. The number of ether oxygens (including phenoxy) is 2. The summed E-state index contributed by atoms with van der Waals surface area (Å²) in [4.78, 5) is 29.9. The van der Waals surface area contributed by atoms with Crippen molar-refractivity contribution in [3.05, 3.63) is 81.2 Å². The van der Waals surface area contributed by atoms with E-state index in [0.717, 1.165) is 58.2 Å². The molecule has 0 N–H and O–H groups in total. The number of nitrogens with zero attached hydrogens (tertiary/aromatic N) is 3. The van der Waals surface area contributed by atoms with Gasteiger partial charge in [-0.05, 0) is 73.9 Å². The third-order valence-corrected chi connectivity index (χ3v) is 9.38. The van der Waals surface area contributed by atoms with Crippen LogP contribution in [0, 0.1) is 5.92 Å². The second-order valence-corrected chi connectivity index (χ2v) is 12.4. The third kappa shape index (κ3) is 4.08. The molecule has 1 fully saturated rings. The van der Waals surface area contributed by atoms with E-state index in [4.69, 9.17) is 9.47 Å². The van der Waals surface area contributed by atoms with Gasteiger partial charge in [-0.15, -0.1) is 11.3 Å². The molecule has 3 aliphatic rings. The van der Waals surface area contributed by atoms with Gasteiger partial charge in [-0.2, -0.15) is 0 Å². The topological polar surface area (TPSA) is 65.7 Å². The molecular formula is C32H33N3O4S. The van der Waals surface area contributed by atoms with Gasteiger partial charge in [0.2, 0.25) is 0 Å². The molecule has 1 aromatic carbocycles. The van der Waals surface area contributed by atoms with Crippen molar-refractivity contribution in [3.8, 4) is 33.2 Å². The maximum Gasteiger partial charge on any atom is 0.270 e. The van der Waals surface area contributed by atoms with Crippen LogP contribution >= 0.6 is 11.3 Å². The Morgan fingerprint density at radius 1 is 1.00 bits per heavy atom. The molecule has 8 heteroatoms. The summed E-state index contributed by atoms with van der Waals surface area (Å²) in [6.07, 6.45) is 1.84. The summed E-state index contributed by atoms with van der Waals surface area (Å²) < 4.78 is 16.0. The molecule has 2 bridgehead atoms. The highest BCUT2D eigenvalue weighted by Gasteiger charge is 2.38. The van der Waals surface area contributed by atoms with Crippen molar-refractivity contribution in [2.24, 2.45) is 5.92 Å². The molecule has 0 saturated carbocycles. The minimum Gasteiger partial charge on any atom is -0.493 e. The van der Waals surface area contributed by atoms with Gasteiger partial charge in [-0.3, -0.25) is 9.59 Å². The number of aryl methyl sites for hydroxylation is 1. The lowest BCUT2D eigenvalue weighted by Crippen LogP contribution is -2.49. The normalized spacial score (nSPS) is 19.1. The van der Waals surface area contributed by atoms with Crippen LogP contribution in [0.3, 0.4) is 0 Å². The summed E-state index contributed by atoms with van der Waals surface area (Å²) in [6.45, 7) is 6.73. The Balaban J connectivity index is 1.31. The summed E-state index contributed by atoms with van der Waals surface area (Å²) in [5.41, 5.74) is 6.28. The molecule has 4 aromatic rings. The number of thiophene rings is 1. The van der Waals surface area contributed by atoms with Gasteiger partial charge in [0.1, 0.15) is 5.69 Å². The number of hydrogen-bond donors (Lipinski definition) is 0. The van der Waals surface area contributed by atoms with E-state index in [0.29, 0.717) is 25.4 Å². The number of benzene rings is 1. The monoisotopic (exact) mass is 555 g/mol. The number of rotatable bonds is 5. The Bertz CT molecular complexity index is 1670. The van der Waals surface area contributed by atoms with E-state index in [1.807, 2.05) is 35.4 Å². The summed E-state index contributed by atoms with van der Waals surface area (Å²) in [5, 5.41) is 2.08. The zero-order valence-electron chi connectivity index (χ0n) is 23.1. The first-order valence-electron chi connectivity index (χ1n) is 14.1. The number of methoxy groups -OCH3 is 1. The molecule has 1 amide bonds. The SMILES string of the molecule is COc1cc2c(cc1OC(C)C)-c1c(-c3cccs3)cc(C(=O)N3CC4CC(C3)c3cccc(=O)n3C4)n1CC2. The van der Waals surface area contributed by atoms with E-state index >= 15 is 0 Å². The van der Waals surface area contributed by atoms with Crippen molar-refractivity contribution in [1.82, 2.24) is 14.0 Å². The average Bonchev–Trinajstić information content (AvgIpc) is 3.61.